The van der Waals surface area contributed by atoms with Gasteiger partial charge in [0.25, 0.3) is 0 Å². The summed E-state index contributed by atoms with van der Waals surface area (Å²) in [5.74, 6) is 0.819. The molecule has 74 valence electrons. The van der Waals surface area contributed by atoms with Crippen LogP contribution in [0.5, 0.6) is 0 Å². The van der Waals surface area contributed by atoms with E-state index in [0.29, 0.717) is 17.7 Å². The predicted molar refractivity (Wildman–Crippen MR) is 54.1 cm³/mol. The maximum absolute atomic E-state index is 11.8. The van der Waals surface area contributed by atoms with E-state index < -0.39 is 0 Å². The molecule has 0 N–H and O–H groups in total. The SMILES string of the molecule is O=C1CCc2cccn2C2CCCC12. The summed E-state index contributed by atoms with van der Waals surface area (Å²) in [7, 11) is 0. The van der Waals surface area contributed by atoms with Crippen molar-refractivity contribution in [2.75, 3.05) is 0 Å². The molecule has 0 saturated heterocycles. The number of carbonyl (C=O) groups is 1. The van der Waals surface area contributed by atoms with Crippen LogP contribution in [0.3, 0.4) is 0 Å². The van der Waals surface area contributed by atoms with Crippen molar-refractivity contribution in [3.05, 3.63) is 24.0 Å². The molecule has 0 aromatic carbocycles. The minimum Gasteiger partial charge on any atom is -0.348 e. The van der Waals surface area contributed by atoms with Gasteiger partial charge in [-0.2, -0.15) is 0 Å². The minimum atomic E-state index is 0.323. The number of fused-ring (bicyclic) bond motifs is 3. The second kappa shape index (κ2) is 2.97. The van der Waals surface area contributed by atoms with Gasteiger partial charge in [0.2, 0.25) is 0 Å². The lowest BCUT2D eigenvalue weighted by Gasteiger charge is -2.18. The zero-order chi connectivity index (χ0) is 9.54. The van der Waals surface area contributed by atoms with Crippen LogP contribution < -0.4 is 0 Å². The lowest BCUT2D eigenvalue weighted by Crippen LogP contribution is -2.18. The van der Waals surface area contributed by atoms with E-state index in [1.807, 2.05) is 0 Å². The zero-order valence-corrected chi connectivity index (χ0v) is 8.28. The molecule has 1 fully saturated rings. The molecule has 1 aromatic heterocycles. The third kappa shape index (κ3) is 1.06. The summed E-state index contributed by atoms with van der Waals surface area (Å²) in [5.41, 5.74) is 1.35. The van der Waals surface area contributed by atoms with Crippen molar-refractivity contribution in [3.63, 3.8) is 0 Å². The van der Waals surface area contributed by atoms with Gasteiger partial charge >= 0.3 is 0 Å². The predicted octanol–water partition coefficient (Wildman–Crippen LogP) is 2.34. The summed E-state index contributed by atoms with van der Waals surface area (Å²) in [6.45, 7) is 0. The summed E-state index contributed by atoms with van der Waals surface area (Å²) in [5, 5.41) is 0. The lowest BCUT2D eigenvalue weighted by molar-refractivity contribution is -0.123. The van der Waals surface area contributed by atoms with Gasteiger partial charge in [-0.25, -0.2) is 0 Å². The molecule has 2 unspecified atom stereocenters. The van der Waals surface area contributed by atoms with E-state index in [0.717, 1.165) is 19.3 Å². The highest BCUT2D eigenvalue weighted by Crippen LogP contribution is 2.39. The van der Waals surface area contributed by atoms with E-state index >= 15 is 0 Å². The van der Waals surface area contributed by atoms with Crippen molar-refractivity contribution in [1.29, 1.82) is 0 Å². The first-order valence-corrected chi connectivity index (χ1v) is 5.55. The molecule has 1 saturated carbocycles. The van der Waals surface area contributed by atoms with Crippen LogP contribution in [0.1, 0.15) is 37.4 Å². The van der Waals surface area contributed by atoms with Crippen molar-refractivity contribution in [2.45, 2.75) is 38.1 Å². The zero-order valence-electron chi connectivity index (χ0n) is 8.28. The molecular weight excluding hydrogens is 174 g/mol. The van der Waals surface area contributed by atoms with Crippen molar-refractivity contribution >= 4 is 5.78 Å². The van der Waals surface area contributed by atoms with Crippen LogP contribution in [0.4, 0.5) is 0 Å². The number of rotatable bonds is 0. The number of hydrogen-bond acceptors (Lipinski definition) is 1. The van der Waals surface area contributed by atoms with Crippen LogP contribution in [-0.2, 0) is 11.2 Å². The van der Waals surface area contributed by atoms with Crippen molar-refractivity contribution < 1.29 is 4.79 Å². The number of ketones is 1. The Kier molecular flexibility index (Phi) is 1.76. The minimum absolute atomic E-state index is 0.323. The van der Waals surface area contributed by atoms with Crippen LogP contribution in [0.25, 0.3) is 0 Å². The maximum atomic E-state index is 11.8. The molecule has 0 spiro atoms. The molecule has 1 aliphatic heterocycles. The van der Waals surface area contributed by atoms with Gasteiger partial charge in [-0.05, 0) is 31.4 Å². The van der Waals surface area contributed by atoms with E-state index in [-0.39, 0.29) is 0 Å². The Hall–Kier alpha value is -1.05. The average molecular weight is 189 g/mol. The van der Waals surface area contributed by atoms with E-state index in [1.54, 1.807) is 0 Å². The first-order chi connectivity index (χ1) is 6.86. The number of hydrogen-bond donors (Lipinski definition) is 0. The third-order valence-corrected chi connectivity index (χ3v) is 3.74. The summed E-state index contributed by atoms with van der Waals surface area (Å²) in [6.07, 6.45) is 7.37. The molecule has 3 rings (SSSR count). The van der Waals surface area contributed by atoms with Gasteiger partial charge in [0.05, 0.1) is 0 Å². The quantitative estimate of drug-likeness (QED) is 0.614. The number of Topliss-reactive ketones (excluding diaryl/α,β-unsaturated/α-hetero) is 1. The number of aryl methyl sites for hydroxylation is 1. The fourth-order valence-electron chi connectivity index (χ4n) is 3.05. The highest BCUT2D eigenvalue weighted by molar-refractivity contribution is 5.82. The number of aromatic nitrogens is 1. The molecule has 2 atom stereocenters. The highest BCUT2D eigenvalue weighted by atomic mass is 16.1. The Morgan fingerprint density at radius 1 is 1.29 bits per heavy atom. The Bertz CT molecular complexity index is 366. The summed E-state index contributed by atoms with van der Waals surface area (Å²) in [6, 6.07) is 4.75. The van der Waals surface area contributed by atoms with Crippen LogP contribution in [0, 0.1) is 5.92 Å². The smallest absolute Gasteiger partial charge is 0.138 e. The third-order valence-electron chi connectivity index (χ3n) is 3.74. The molecular formula is C12H15NO. The Labute approximate surface area is 83.9 Å². The number of nitrogens with zero attached hydrogens (tertiary/aromatic N) is 1. The molecule has 14 heavy (non-hydrogen) atoms. The molecule has 0 bridgehead atoms. The molecule has 0 radical (unpaired) electrons. The lowest BCUT2D eigenvalue weighted by atomic mass is 9.97. The average Bonchev–Trinajstić information content (AvgIpc) is 2.80. The van der Waals surface area contributed by atoms with Crippen LogP contribution in [0.15, 0.2) is 18.3 Å². The fourth-order valence-corrected chi connectivity index (χ4v) is 3.05. The van der Waals surface area contributed by atoms with E-state index in [4.69, 9.17) is 0 Å². The van der Waals surface area contributed by atoms with Gasteiger partial charge < -0.3 is 4.57 Å². The molecule has 2 nitrogen and oxygen atoms in total. The Balaban J connectivity index is 2.06. The van der Waals surface area contributed by atoms with Gasteiger partial charge in [-0.1, -0.05) is 6.42 Å². The van der Waals surface area contributed by atoms with Crippen LogP contribution >= 0.6 is 0 Å². The summed E-state index contributed by atoms with van der Waals surface area (Å²) in [4.78, 5) is 11.8. The molecule has 2 heteroatoms. The topological polar surface area (TPSA) is 22.0 Å². The van der Waals surface area contributed by atoms with Crippen LogP contribution in [-0.4, -0.2) is 10.4 Å². The largest absolute Gasteiger partial charge is 0.348 e. The van der Waals surface area contributed by atoms with E-state index in [1.165, 1.54) is 18.5 Å². The van der Waals surface area contributed by atoms with E-state index in [2.05, 4.69) is 22.9 Å². The first-order valence-electron chi connectivity index (χ1n) is 5.55. The normalized spacial score (nSPS) is 31.0. The Morgan fingerprint density at radius 3 is 3.14 bits per heavy atom. The molecule has 1 aliphatic carbocycles. The Morgan fingerprint density at radius 2 is 2.21 bits per heavy atom. The van der Waals surface area contributed by atoms with Gasteiger partial charge in [-0.3, -0.25) is 4.79 Å². The molecule has 2 heterocycles. The molecule has 2 aliphatic rings. The summed E-state index contributed by atoms with van der Waals surface area (Å²) < 4.78 is 2.35. The molecule has 1 aromatic rings. The van der Waals surface area contributed by atoms with Crippen molar-refractivity contribution in [2.24, 2.45) is 5.92 Å². The van der Waals surface area contributed by atoms with Crippen LogP contribution in [0.2, 0.25) is 0 Å². The monoisotopic (exact) mass is 189 g/mol. The van der Waals surface area contributed by atoms with Gasteiger partial charge in [-0.15, -0.1) is 0 Å². The maximum Gasteiger partial charge on any atom is 0.138 e. The first kappa shape index (κ1) is 8.27. The number of carbonyl (C=O) groups excluding carboxylic acids is 1. The van der Waals surface area contributed by atoms with E-state index in [9.17, 15) is 4.79 Å². The second-order valence-corrected chi connectivity index (χ2v) is 4.48. The van der Waals surface area contributed by atoms with Gasteiger partial charge in [0.15, 0.2) is 0 Å². The van der Waals surface area contributed by atoms with Crippen molar-refractivity contribution in [1.82, 2.24) is 4.57 Å². The second-order valence-electron chi connectivity index (χ2n) is 4.48. The van der Waals surface area contributed by atoms with Gasteiger partial charge in [0, 0.05) is 30.3 Å². The molecule has 0 amide bonds. The fraction of sp³-hybridized carbons (Fsp3) is 0.583. The van der Waals surface area contributed by atoms with Crippen molar-refractivity contribution in [3.8, 4) is 0 Å². The highest BCUT2D eigenvalue weighted by Gasteiger charge is 2.36. The standard InChI is InChI=1S/C12H15NO/c14-12-7-6-9-3-2-8-13(9)11-5-1-4-10(11)12/h2-3,8,10-11H,1,4-7H2. The van der Waals surface area contributed by atoms with Gasteiger partial charge in [0.1, 0.15) is 5.78 Å². The summed E-state index contributed by atoms with van der Waals surface area (Å²) >= 11 is 0.